The highest BCUT2D eigenvalue weighted by Gasteiger charge is 2.25. The van der Waals surface area contributed by atoms with Crippen LogP contribution in [0.5, 0.6) is 0 Å². The maximum atomic E-state index is 6.31. The van der Waals surface area contributed by atoms with E-state index in [0.29, 0.717) is 21.9 Å². The average molecular weight is 302 g/mol. The fourth-order valence-corrected chi connectivity index (χ4v) is 3.35. The van der Waals surface area contributed by atoms with Gasteiger partial charge in [-0.1, -0.05) is 37.0 Å². The van der Waals surface area contributed by atoms with Crippen molar-refractivity contribution >= 4 is 34.8 Å². The Hall–Kier alpha value is -0.670. The van der Waals surface area contributed by atoms with E-state index in [1.165, 1.54) is 6.42 Å². The van der Waals surface area contributed by atoms with Crippen LogP contribution in [0.3, 0.4) is 0 Å². The van der Waals surface area contributed by atoms with Crippen molar-refractivity contribution in [3.05, 3.63) is 16.1 Å². The quantitative estimate of drug-likeness (QED) is 0.902. The Morgan fingerprint density at radius 2 is 1.89 bits per heavy atom. The molecule has 0 spiro atoms. The van der Waals surface area contributed by atoms with E-state index >= 15 is 0 Å². The second kappa shape index (κ2) is 6.19. The highest BCUT2D eigenvalue weighted by Crippen LogP contribution is 2.34. The van der Waals surface area contributed by atoms with Crippen molar-refractivity contribution in [1.82, 2.24) is 4.98 Å². The van der Waals surface area contributed by atoms with Crippen molar-refractivity contribution in [3.8, 4) is 0 Å². The smallest absolute Gasteiger partial charge is 0.149 e. The molecule has 0 radical (unpaired) electrons. The minimum absolute atomic E-state index is 0.578. The Morgan fingerprint density at radius 3 is 2.47 bits per heavy atom. The molecule has 5 heteroatoms. The Morgan fingerprint density at radius 1 is 1.26 bits per heavy atom. The zero-order chi connectivity index (χ0) is 14.0. The van der Waals surface area contributed by atoms with E-state index in [-0.39, 0.29) is 0 Å². The molecule has 1 N–H and O–H groups in total. The largest absolute Gasteiger partial charge is 0.369 e. The number of pyridine rings is 1. The molecule has 3 nitrogen and oxygen atoms in total. The summed E-state index contributed by atoms with van der Waals surface area (Å²) in [6.45, 7) is 9.38. The molecule has 2 heterocycles. The van der Waals surface area contributed by atoms with Gasteiger partial charge in [-0.05, 0) is 31.2 Å². The van der Waals surface area contributed by atoms with Gasteiger partial charge in [0.1, 0.15) is 11.6 Å². The summed E-state index contributed by atoms with van der Waals surface area (Å²) < 4.78 is 0. The summed E-state index contributed by atoms with van der Waals surface area (Å²) in [5, 5.41) is 4.39. The number of nitrogens with one attached hydrogen (secondary N) is 1. The van der Waals surface area contributed by atoms with Crippen LogP contribution in [0.2, 0.25) is 10.0 Å². The Labute approximate surface area is 125 Å². The summed E-state index contributed by atoms with van der Waals surface area (Å²) in [6.07, 6.45) is 1.27. The molecule has 0 aromatic carbocycles. The second-order valence-electron chi connectivity index (χ2n) is 5.51. The van der Waals surface area contributed by atoms with Crippen molar-refractivity contribution in [2.45, 2.75) is 27.2 Å². The van der Waals surface area contributed by atoms with Gasteiger partial charge in [-0.2, -0.15) is 0 Å². The molecule has 1 aromatic heterocycles. The van der Waals surface area contributed by atoms with Crippen LogP contribution >= 0.6 is 23.2 Å². The lowest BCUT2D eigenvalue weighted by Crippen LogP contribution is -2.39. The van der Waals surface area contributed by atoms with E-state index in [1.807, 2.05) is 6.92 Å². The number of aromatic nitrogens is 1. The van der Waals surface area contributed by atoms with Gasteiger partial charge in [0.15, 0.2) is 0 Å². The number of halogens is 2. The fraction of sp³-hybridized carbons (Fsp3) is 0.643. The number of piperidine rings is 1. The zero-order valence-electron chi connectivity index (χ0n) is 11.7. The first-order chi connectivity index (χ1) is 9.01. The number of hydrogen-bond donors (Lipinski definition) is 1. The van der Waals surface area contributed by atoms with Crippen molar-refractivity contribution in [1.29, 1.82) is 0 Å². The van der Waals surface area contributed by atoms with Gasteiger partial charge in [0.25, 0.3) is 0 Å². The summed E-state index contributed by atoms with van der Waals surface area (Å²) >= 11 is 12.5. The van der Waals surface area contributed by atoms with Gasteiger partial charge in [0, 0.05) is 19.6 Å². The molecule has 0 bridgehead atoms. The van der Waals surface area contributed by atoms with Crippen molar-refractivity contribution in [2.75, 3.05) is 29.9 Å². The molecule has 2 unspecified atom stereocenters. The second-order valence-corrected chi connectivity index (χ2v) is 6.32. The lowest BCUT2D eigenvalue weighted by atomic mass is 9.92. The first kappa shape index (κ1) is 14.7. The molecule has 1 saturated heterocycles. The molecule has 1 fully saturated rings. The van der Waals surface area contributed by atoms with E-state index in [4.69, 9.17) is 23.2 Å². The number of anilines is 2. The minimum atomic E-state index is 0.578. The standard InChI is InChI=1S/C14H21Cl2N3/c1-4-17-13-11(15)6-12(16)14(18-13)19-7-9(2)5-10(3)8-19/h6,9-10H,4-5,7-8H2,1-3H3,(H,17,18). The molecule has 1 aromatic rings. The van der Waals surface area contributed by atoms with Crippen molar-refractivity contribution in [3.63, 3.8) is 0 Å². The Balaban J connectivity index is 2.30. The van der Waals surface area contributed by atoms with Crippen LogP contribution in [0, 0.1) is 11.8 Å². The van der Waals surface area contributed by atoms with Gasteiger partial charge >= 0.3 is 0 Å². The van der Waals surface area contributed by atoms with Crippen LogP contribution < -0.4 is 10.2 Å². The summed E-state index contributed by atoms with van der Waals surface area (Å²) in [5.74, 6) is 2.90. The molecule has 0 amide bonds. The molecule has 19 heavy (non-hydrogen) atoms. The first-order valence-corrected chi connectivity index (χ1v) is 7.61. The summed E-state index contributed by atoms with van der Waals surface area (Å²) in [4.78, 5) is 6.88. The average Bonchev–Trinajstić information content (AvgIpc) is 2.31. The maximum Gasteiger partial charge on any atom is 0.149 e. The lowest BCUT2D eigenvalue weighted by Gasteiger charge is -2.36. The van der Waals surface area contributed by atoms with E-state index < -0.39 is 0 Å². The lowest BCUT2D eigenvalue weighted by molar-refractivity contribution is 0.355. The molecule has 1 aliphatic heterocycles. The number of hydrogen-bond acceptors (Lipinski definition) is 3. The van der Waals surface area contributed by atoms with E-state index in [1.54, 1.807) is 6.07 Å². The van der Waals surface area contributed by atoms with Crippen molar-refractivity contribution in [2.24, 2.45) is 11.8 Å². The Kier molecular flexibility index (Phi) is 4.80. The molecule has 1 aliphatic rings. The third-order valence-corrected chi connectivity index (χ3v) is 3.99. The molecular weight excluding hydrogens is 281 g/mol. The molecule has 2 atom stereocenters. The van der Waals surface area contributed by atoms with Gasteiger partial charge in [0.2, 0.25) is 0 Å². The third kappa shape index (κ3) is 3.46. The van der Waals surface area contributed by atoms with Crippen LogP contribution in [0.15, 0.2) is 6.07 Å². The van der Waals surface area contributed by atoms with Crippen LogP contribution in [0.1, 0.15) is 27.2 Å². The normalized spacial score (nSPS) is 23.5. The monoisotopic (exact) mass is 301 g/mol. The van der Waals surface area contributed by atoms with Gasteiger partial charge in [-0.25, -0.2) is 4.98 Å². The van der Waals surface area contributed by atoms with E-state index in [2.05, 4.69) is 29.0 Å². The van der Waals surface area contributed by atoms with Crippen molar-refractivity contribution < 1.29 is 0 Å². The third-order valence-electron chi connectivity index (χ3n) is 3.42. The highest BCUT2D eigenvalue weighted by atomic mass is 35.5. The fourth-order valence-electron chi connectivity index (χ4n) is 2.81. The van der Waals surface area contributed by atoms with Gasteiger partial charge in [0.05, 0.1) is 10.0 Å². The molecule has 106 valence electrons. The summed E-state index contributed by atoms with van der Waals surface area (Å²) in [5.41, 5.74) is 0. The maximum absolute atomic E-state index is 6.31. The molecule has 0 aliphatic carbocycles. The van der Waals surface area contributed by atoms with Crippen LogP contribution in [-0.4, -0.2) is 24.6 Å². The zero-order valence-corrected chi connectivity index (χ0v) is 13.2. The van der Waals surface area contributed by atoms with Gasteiger partial charge in [-0.15, -0.1) is 0 Å². The molecule has 0 saturated carbocycles. The SMILES string of the molecule is CCNc1nc(N2CC(C)CC(C)C2)c(Cl)cc1Cl. The van der Waals surface area contributed by atoms with Crippen LogP contribution in [-0.2, 0) is 0 Å². The van der Waals surface area contributed by atoms with Gasteiger partial charge < -0.3 is 10.2 Å². The summed E-state index contributed by atoms with van der Waals surface area (Å²) in [7, 11) is 0. The highest BCUT2D eigenvalue weighted by molar-refractivity contribution is 6.37. The minimum Gasteiger partial charge on any atom is -0.369 e. The number of nitrogens with zero attached hydrogens (tertiary/aromatic N) is 2. The van der Waals surface area contributed by atoms with Crippen LogP contribution in [0.25, 0.3) is 0 Å². The van der Waals surface area contributed by atoms with E-state index in [9.17, 15) is 0 Å². The number of rotatable bonds is 3. The topological polar surface area (TPSA) is 28.2 Å². The molecule has 2 rings (SSSR count). The predicted molar refractivity (Wildman–Crippen MR) is 83.6 cm³/mol. The van der Waals surface area contributed by atoms with E-state index in [0.717, 1.165) is 31.3 Å². The first-order valence-electron chi connectivity index (χ1n) is 6.86. The predicted octanol–water partition coefficient (Wildman–Crippen LogP) is 4.30. The molecular formula is C14H21Cl2N3. The summed E-state index contributed by atoms with van der Waals surface area (Å²) in [6, 6.07) is 1.79. The van der Waals surface area contributed by atoms with Gasteiger partial charge in [-0.3, -0.25) is 0 Å². The van der Waals surface area contributed by atoms with Crippen LogP contribution in [0.4, 0.5) is 11.6 Å². The Bertz CT molecular complexity index is 441.